The fraction of sp³-hybridized carbons (Fsp3) is 1.00. The van der Waals surface area contributed by atoms with Crippen molar-refractivity contribution in [1.82, 2.24) is 0 Å². The highest BCUT2D eigenvalue weighted by Crippen LogP contribution is 2.41. The summed E-state index contributed by atoms with van der Waals surface area (Å²) in [4.78, 5) is 11.9. The van der Waals surface area contributed by atoms with Crippen LogP contribution in [0.1, 0.15) is 27.2 Å². The standard InChI is InChI=1S/C8H18N3O3P/c1-4-15(12,13)14-6-7(2)5-8(3)10-11-9/h7-8H,4-6H2,1-3H3,(H,12,13)/t7?,8-/m0/s1. The first-order chi connectivity index (χ1) is 6.91. The monoisotopic (exact) mass is 235 g/mol. The summed E-state index contributed by atoms with van der Waals surface area (Å²) >= 11 is 0. The molecule has 0 aromatic carbocycles. The van der Waals surface area contributed by atoms with E-state index in [0.717, 1.165) is 0 Å². The van der Waals surface area contributed by atoms with Crippen molar-refractivity contribution in [3.05, 3.63) is 10.4 Å². The third kappa shape index (κ3) is 7.40. The largest absolute Gasteiger partial charge is 0.327 e. The second-order valence-electron chi connectivity index (χ2n) is 3.64. The van der Waals surface area contributed by atoms with E-state index in [4.69, 9.17) is 14.9 Å². The Labute approximate surface area is 89.8 Å². The van der Waals surface area contributed by atoms with Crippen molar-refractivity contribution in [1.29, 1.82) is 0 Å². The molecule has 0 heterocycles. The molecule has 0 saturated carbocycles. The van der Waals surface area contributed by atoms with E-state index in [2.05, 4.69) is 10.0 Å². The van der Waals surface area contributed by atoms with Gasteiger partial charge in [-0.05, 0) is 17.9 Å². The molecule has 0 aromatic rings. The van der Waals surface area contributed by atoms with Crippen LogP contribution in [0.2, 0.25) is 0 Å². The van der Waals surface area contributed by atoms with Crippen molar-refractivity contribution in [2.75, 3.05) is 12.8 Å². The van der Waals surface area contributed by atoms with Crippen molar-refractivity contribution in [3.8, 4) is 0 Å². The van der Waals surface area contributed by atoms with Crippen molar-refractivity contribution < 1.29 is 14.0 Å². The van der Waals surface area contributed by atoms with Crippen LogP contribution in [0.25, 0.3) is 10.4 Å². The average Bonchev–Trinajstić information content (AvgIpc) is 2.15. The summed E-state index contributed by atoms with van der Waals surface area (Å²) in [6.07, 6.45) is 0.763. The number of rotatable bonds is 7. The second kappa shape index (κ2) is 6.85. The fourth-order valence-corrected chi connectivity index (χ4v) is 1.79. The van der Waals surface area contributed by atoms with Gasteiger partial charge < -0.3 is 9.42 Å². The van der Waals surface area contributed by atoms with Crippen molar-refractivity contribution in [2.45, 2.75) is 33.2 Å². The van der Waals surface area contributed by atoms with E-state index < -0.39 is 7.60 Å². The highest BCUT2D eigenvalue weighted by Gasteiger charge is 2.17. The lowest BCUT2D eigenvalue weighted by Crippen LogP contribution is -2.11. The van der Waals surface area contributed by atoms with Gasteiger partial charge in [-0.1, -0.05) is 25.9 Å². The third-order valence-electron chi connectivity index (χ3n) is 1.95. The Balaban J connectivity index is 3.89. The maximum absolute atomic E-state index is 11.1. The second-order valence-corrected chi connectivity index (χ2v) is 5.81. The minimum Gasteiger partial charge on any atom is -0.324 e. The molecule has 6 nitrogen and oxygen atoms in total. The minimum atomic E-state index is -3.39. The van der Waals surface area contributed by atoms with Crippen LogP contribution in [-0.2, 0) is 9.09 Å². The summed E-state index contributed by atoms with van der Waals surface area (Å²) in [6, 6.07) is -0.117. The maximum atomic E-state index is 11.1. The summed E-state index contributed by atoms with van der Waals surface area (Å²) in [7, 11) is -3.39. The number of hydrogen-bond acceptors (Lipinski definition) is 3. The van der Waals surface area contributed by atoms with Crippen LogP contribution in [-0.4, -0.2) is 23.7 Å². The van der Waals surface area contributed by atoms with Crippen LogP contribution in [0, 0.1) is 5.92 Å². The number of nitrogens with zero attached hydrogens (tertiary/aromatic N) is 3. The molecule has 0 aliphatic rings. The molecular weight excluding hydrogens is 217 g/mol. The predicted octanol–water partition coefficient (Wildman–Crippen LogP) is 2.93. The molecule has 0 aliphatic heterocycles. The van der Waals surface area contributed by atoms with Gasteiger partial charge in [-0.3, -0.25) is 4.57 Å². The molecule has 0 saturated heterocycles. The topological polar surface area (TPSA) is 95.3 Å². The van der Waals surface area contributed by atoms with E-state index in [1.54, 1.807) is 13.8 Å². The fourth-order valence-electron chi connectivity index (χ4n) is 1.12. The van der Waals surface area contributed by atoms with Crippen molar-refractivity contribution >= 4 is 7.60 Å². The van der Waals surface area contributed by atoms with Gasteiger partial charge in [0.05, 0.1) is 6.61 Å². The lowest BCUT2D eigenvalue weighted by atomic mass is 10.1. The zero-order valence-electron chi connectivity index (χ0n) is 9.33. The SMILES string of the molecule is CCP(=O)(O)OCC(C)C[C@H](C)N=[N+]=[N-]. The Morgan fingerprint density at radius 2 is 2.20 bits per heavy atom. The highest BCUT2D eigenvalue weighted by molar-refractivity contribution is 7.52. The van der Waals surface area contributed by atoms with Gasteiger partial charge in [-0.2, -0.15) is 0 Å². The van der Waals surface area contributed by atoms with Crippen LogP contribution < -0.4 is 0 Å². The molecule has 88 valence electrons. The first kappa shape index (κ1) is 14.5. The minimum absolute atomic E-state index is 0.0949. The molecular formula is C8H18N3O3P. The Morgan fingerprint density at radius 3 is 2.67 bits per heavy atom. The molecule has 7 heteroatoms. The quantitative estimate of drug-likeness (QED) is 0.318. The first-order valence-corrected chi connectivity index (χ1v) is 6.68. The summed E-state index contributed by atoms with van der Waals surface area (Å²) in [5.41, 5.74) is 8.19. The smallest absolute Gasteiger partial charge is 0.324 e. The molecule has 1 N–H and O–H groups in total. The summed E-state index contributed by atoms with van der Waals surface area (Å²) in [5.74, 6) is 0.0949. The van der Waals surface area contributed by atoms with Gasteiger partial charge in [0.25, 0.3) is 0 Å². The first-order valence-electron chi connectivity index (χ1n) is 4.91. The molecule has 15 heavy (non-hydrogen) atoms. The van der Waals surface area contributed by atoms with Crippen LogP contribution in [0.15, 0.2) is 5.11 Å². The third-order valence-corrected chi connectivity index (χ3v) is 3.30. The summed E-state index contributed by atoms with van der Waals surface area (Å²) in [6.45, 7) is 5.51. The van der Waals surface area contributed by atoms with Gasteiger partial charge in [-0.15, -0.1) is 0 Å². The predicted molar refractivity (Wildman–Crippen MR) is 58.7 cm³/mol. The van der Waals surface area contributed by atoms with E-state index in [9.17, 15) is 4.57 Å². The highest BCUT2D eigenvalue weighted by atomic mass is 31.2. The van der Waals surface area contributed by atoms with Crippen LogP contribution in [0.3, 0.4) is 0 Å². The Bertz CT molecular complexity index is 278. The van der Waals surface area contributed by atoms with Crippen LogP contribution in [0.4, 0.5) is 0 Å². The lowest BCUT2D eigenvalue weighted by molar-refractivity contribution is 0.214. The molecule has 0 fully saturated rings. The maximum Gasteiger partial charge on any atom is 0.327 e. The number of azide groups is 1. The van der Waals surface area contributed by atoms with Gasteiger partial charge in [0.15, 0.2) is 0 Å². The molecule has 0 bridgehead atoms. The van der Waals surface area contributed by atoms with E-state index >= 15 is 0 Å². The van der Waals surface area contributed by atoms with E-state index in [-0.39, 0.29) is 24.7 Å². The van der Waals surface area contributed by atoms with Gasteiger partial charge in [-0.25, -0.2) is 0 Å². The Kier molecular flexibility index (Phi) is 6.61. The van der Waals surface area contributed by atoms with E-state index in [1.165, 1.54) is 0 Å². The molecule has 2 unspecified atom stereocenters. The molecule has 0 aromatic heterocycles. The average molecular weight is 235 g/mol. The van der Waals surface area contributed by atoms with Crippen molar-refractivity contribution in [2.24, 2.45) is 11.0 Å². The van der Waals surface area contributed by atoms with Gasteiger partial charge in [0.2, 0.25) is 0 Å². The molecule has 3 atom stereocenters. The van der Waals surface area contributed by atoms with Crippen LogP contribution >= 0.6 is 7.60 Å². The zero-order chi connectivity index (χ0) is 11.9. The Morgan fingerprint density at radius 1 is 1.60 bits per heavy atom. The number of hydrogen-bond donors (Lipinski definition) is 1. The summed E-state index contributed by atoms with van der Waals surface area (Å²) < 4.78 is 16.0. The normalized spacial score (nSPS) is 18.7. The van der Waals surface area contributed by atoms with Crippen LogP contribution in [0.5, 0.6) is 0 Å². The molecule has 0 amide bonds. The molecule has 0 spiro atoms. The summed E-state index contributed by atoms with van der Waals surface area (Å²) in [5, 5.41) is 3.52. The molecule has 0 rings (SSSR count). The molecule has 0 aliphatic carbocycles. The van der Waals surface area contributed by atoms with Gasteiger partial charge in [0.1, 0.15) is 0 Å². The van der Waals surface area contributed by atoms with E-state index in [0.29, 0.717) is 6.42 Å². The lowest BCUT2D eigenvalue weighted by Gasteiger charge is -2.16. The molecule has 0 radical (unpaired) electrons. The van der Waals surface area contributed by atoms with Gasteiger partial charge in [0, 0.05) is 17.1 Å². The van der Waals surface area contributed by atoms with Gasteiger partial charge >= 0.3 is 7.60 Å². The van der Waals surface area contributed by atoms with E-state index in [1.807, 2.05) is 6.92 Å². The van der Waals surface area contributed by atoms with Crippen molar-refractivity contribution in [3.63, 3.8) is 0 Å². The Hall–Kier alpha value is -0.540. The zero-order valence-corrected chi connectivity index (χ0v) is 10.2.